The smallest absolute Gasteiger partial charge is 0.393 e. The Balaban J connectivity index is 0.000000164. The fourth-order valence-corrected chi connectivity index (χ4v) is 18.0. The highest BCUT2D eigenvalue weighted by atomic mass is 32.1. The van der Waals surface area contributed by atoms with Crippen molar-refractivity contribution in [3.8, 4) is 12.1 Å². The van der Waals surface area contributed by atoms with Gasteiger partial charge in [-0.1, -0.05) is 26.0 Å². The fraction of sp³-hybridized carbons (Fsp3) is 0.522. The van der Waals surface area contributed by atoms with Gasteiger partial charge in [0.2, 0.25) is 0 Å². The molecule has 16 rings (SSSR count). The van der Waals surface area contributed by atoms with Crippen molar-refractivity contribution in [2.75, 3.05) is 36.8 Å². The number of Topliss-reactive ketones (excluding diaryl/α,β-unsaturated/α-hetero) is 1. The molecule has 2 aromatic carbocycles. The maximum Gasteiger partial charge on any atom is 0.393 e. The van der Waals surface area contributed by atoms with E-state index < -0.39 is 31.2 Å². The molecule has 6 aromatic heterocycles. The minimum atomic E-state index is -4.25. The molecule has 0 unspecified atom stereocenters. The number of thiophene rings is 2. The lowest BCUT2D eigenvalue weighted by molar-refractivity contribution is -0.214. The van der Waals surface area contributed by atoms with Gasteiger partial charge in [-0.3, -0.25) is 19.4 Å². The van der Waals surface area contributed by atoms with Gasteiger partial charge in [0.1, 0.15) is 63.3 Å². The van der Waals surface area contributed by atoms with Crippen LogP contribution in [0.15, 0.2) is 61.2 Å². The predicted molar refractivity (Wildman–Crippen MR) is 341 cm³/mol. The highest BCUT2D eigenvalue weighted by Gasteiger charge is 2.68. The van der Waals surface area contributed by atoms with Crippen LogP contribution in [0.5, 0.6) is 0 Å². The number of halogens is 6. The second-order valence-corrected chi connectivity index (χ2v) is 29.3. The van der Waals surface area contributed by atoms with Crippen LogP contribution in [-0.4, -0.2) is 112 Å². The molecule has 480 valence electrons. The van der Waals surface area contributed by atoms with E-state index >= 15 is 0 Å². The molecule has 6 aliphatic carbocycles. The Labute approximate surface area is 531 Å². The summed E-state index contributed by atoms with van der Waals surface area (Å²) >= 11 is 2.14. The number of aliphatic carboxylic acids is 1. The number of likely N-dealkylation sites (tertiary alicyclic amines) is 2. The zero-order chi connectivity index (χ0) is 64.4. The largest absolute Gasteiger partial charge is 0.481 e. The maximum absolute atomic E-state index is 12.9. The van der Waals surface area contributed by atoms with E-state index in [1.807, 2.05) is 19.1 Å². The Morgan fingerprint density at radius 2 is 1.03 bits per heavy atom. The molecule has 2 aliphatic heterocycles. The van der Waals surface area contributed by atoms with E-state index in [0.717, 1.165) is 167 Å². The maximum atomic E-state index is 12.9. The van der Waals surface area contributed by atoms with Gasteiger partial charge >= 0.3 is 18.3 Å². The van der Waals surface area contributed by atoms with Crippen LogP contribution >= 0.6 is 22.7 Å². The summed E-state index contributed by atoms with van der Waals surface area (Å²) in [5, 5.41) is 38.1. The SMILES string of the molecule is CCC(=O)CC12CC(Cn3c(C#N)cc4c(C)c(CN5CCC(Nc6ncnc7sc(CC(F)(F)F)cc67)CC5)ccc43)(C1)C2.CCC(=O)O.Cc1c(CN2CCC(Nc3ncnc4sc(CC(F)(F)F)cc34)CC2)ccc2c1cc(C#N)n2CC12CC(N)(C1)C2. The van der Waals surface area contributed by atoms with E-state index in [2.05, 4.69) is 99.8 Å². The summed E-state index contributed by atoms with van der Waals surface area (Å²) in [6.45, 7) is 14.8. The lowest BCUT2D eigenvalue weighted by Crippen LogP contribution is -2.73. The van der Waals surface area contributed by atoms with E-state index in [0.29, 0.717) is 56.4 Å². The normalized spacial score (nSPS) is 23.2. The molecule has 8 heterocycles. The van der Waals surface area contributed by atoms with Crippen LogP contribution in [0.3, 0.4) is 0 Å². The number of piperidine rings is 2. The van der Waals surface area contributed by atoms with Crippen molar-refractivity contribution in [1.29, 1.82) is 10.5 Å². The van der Waals surface area contributed by atoms with Gasteiger partial charge in [-0.25, -0.2) is 19.9 Å². The number of benzene rings is 2. The average molecular weight is 1290 g/mol. The van der Waals surface area contributed by atoms with Gasteiger partial charge < -0.3 is 30.6 Å². The Hall–Kier alpha value is -7.22. The van der Waals surface area contributed by atoms with Crippen molar-refractivity contribution in [3.63, 3.8) is 0 Å². The highest BCUT2D eigenvalue weighted by molar-refractivity contribution is 7.19. The zero-order valence-corrected chi connectivity index (χ0v) is 53.2. The molecule has 0 amide bonds. The second kappa shape index (κ2) is 24.7. The van der Waals surface area contributed by atoms with Gasteiger partial charge in [-0.2, -0.15) is 36.9 Å². The number of hydrogen-bond donors (Lipinski definition) is 4. The van der Waals surface area contributed by atoms with E-state index in [1.165, 1.54) is 34.9 Å². The quantitative estimate of drug-likeness (QED) is 0.0588. The summed E-state index contributed by atoms with van der Waals surface area (Å²) in [6.07, 6.45) is 4.03. The first-order chi connectivity index (χ1) is 43.3. The third kappa shape index (κ3) is 13.5. The topological polar surface area (TPSA) is 220 Å². The lowest BCUT2D eigenvalue weighted by atomic mass is 9.34. The van der Waals surface area contributed by atoms with Gasteiger partial charge in [0, 0.05) is 121 Å². The van der Waals surface area contributed by atoms with Crippen LogP contribution in [0.2, 0.25) is 0 Å². The Morgan fingerprint density at radius 1 is 0.626 bits per heavy atom. The number of carbonyl (C=O) groups excluding carboxylic acids is 1. The first-order valence-electron chi connectivity index (χ1n) is 31.4. The number of alkyl halides is 6. The number of aromatic nitrogens is 6. The van der Waals surface area contributed by atoms with Crippen LogP contribution < -0.4 is 16.4 Å². The summed E-state index contributed by atoms with van der Waals surface area (Å²) in [7, 11) is 0. The van der Waals surface area contributed by atoms with Crippen LogP contribution in [0.25, 0.3) is 42.2 Å². The number of nitrogens with two attached hydrogens (primary N) is 1. The summed E-state index contributed by atoms with van der Waals surface area (Å²) in [5.41, 5.74) is 15.7. The first-order valence-corrected chi connectivity index (χ1v) is 33.0. The van der Waals surface area contributed by atoms with Crippen molar-refractivity contribution in [3.05, 3.63) is 105 Å². The molecule has 24 heteroatoms. The van der Waals surface area contributed by atoms with Crippen molar-refractivity contribution in [1.82, 2.24) is 38.9 Å². The number of aryl methyl sites for hydroxylation is 2. The number of nitrogens with one attached hydrogen (secondary N) is 2. The zero-order valence-electron chi connectivity index (χ0n) is 51.6. The molecular formula is C67H75F6N13O3S2. The van der Waals surface area contributed by atoms with Gasteiger partial charge in [-0.15, -0.1) is 22.7 Å². The number of nitrogens with zero attached hydrogens (tertiary/aromatic N) is 10. The molecular weight excluding hydrogens is 1210 g/mol. The number of ketones is 1. The minimum Gasteiger partial charge on any atom is -0.481 e. The molecule has 4 bridgehead atoms. The molecule has 91 heavy (non-hydrogen) atoms. The monoisotopic (exact) mass is 1290 g/mol. The number of carboxylic acid groups (broad SMARTS) is 1. The third-order valence-corrected chi connectivity index (χ3v) is 22.1. The second-order valence-electron chi connectivity index (χ2n) is 27.0. The highest BCUT2D eigenvalue weighted by Crippen LogP contribution is 2.75. The van der Waals surface area contributed by atoms with Crippen molar-refractivity contribution < 1.29 is 41.0 Å². The van der Waals surface area contributed by atoms with Crippen molar-refractivity contribution in [2.24, 2.45) is 22.0 Å². The third-order valence-electron chi connectivity index (χ3n) is 20.0. The lowest BCUT2D eigenvalue weighted by Gasteiger charge is -2.71. The Kier molecular flexibility index (Phi) is 17.3. The van der Waals surface area contributed by atoms with Crippen LogP contribution in [0.4, 0.5) is 38.0 Å². The van der Waals surface area contributed by atoms with E-state index in [4.69, 9.17) is 10.8 Å². The molecule has 8 aromatic rings. The average Bonchev–Trinajstić information content (AvgIpc) is 0.979. The van der Waals surface area contributed by atoms with Crippen LogP contribution in [0, 0.1) is 52.8 Å². The van der Waals surface area contributed by atoms with E-state index in [-0.39, 0.29) is 50.0 Å². The number of nitriles is 2. The summed E-state index contributed by atoms with van der Waals surface area (Å²) in [6, 6.07) is 21.2. The summed E-state index contributed by atoms with van der Waals surface area (Å²) in [4.78, 5) is 45.0. The van der Waals surface area contributed by atoms with Crippen molar-refractivity contribution in [2.45, 2.75) is 180 Å². The van der Waals surface area contributed by atoms with E-state index in [9.17, 15) is 46.5 Å². The summed E-state index contributed by atoms with van der Waals surface area (Å²) in [5.74, 6) is 0.830. The number of carbonyl (C=O) groups is 2. The molecule has 0 radical (unpaired) electrons. The number of carboxylic acids is 1. The predicted octanol–water partition coefficient (Wildman–Crippen LogP) is 13.9. The molecule has 0 spiro atoms. The van der Waals surface area contributed by atoms with Gasteiger partial charge in [0.25, 0.3) is 0 Å². The molecule has 0 atom stereocenters. The van der Waals surface area contributed by atoms with Crippen molar-refractivity contribution >= 4 is 88.3 Å². The van der Waals surface area contributed by atoms with Gasteiger partial charge in [-0.05, 0) is 153 Å². The Bertz CT molecular complexity index is 4140. The standard InChI is InChI=1S/C34H37F3N6OS.C30H32F3N7S.C3H6O2/c1-3-25(44)12-32-16-33(17-32,18-32)19-43-24(14-38)10-27-21(2)22(4-5-29(27)43)15-42-8-6-23(7-9-42)41-30-28-11-26(13-34(35,36)37)45-31(28)40-20-39-30;1-18-19(2-3-25-23(18)8-21(11-34)40(25)16-28-13-29(35,14-28)15-28)12-39-6-4-20(5-7-39)38-26-24-9-22(10-30(31,32)33)41-27(24)37-17-36-26;1-2-3(4)5/h4-5,10-11,20,23H,3,6-9,12-13,15-19H2,1-2H3,(H,39,40,41);2-3,8-9,17,20H,4-7,10,12-16,35H2,1H3,(H,36,37,38);2H2,1H3,(H,4,5). The van der Waals surface area contributed by atoms with Gasteiger partial charge in [0.15, 0.2) is 0 Å². The number of rotatable bonds is 18. The van der Waals surface area contributed by atoms with Crippen LogP contribution in [-0.2, 0) is 48.6 Å². The fourth-order valence-electron chi connectivity index (χ4n) is 15.9. The summed E-state index contributed by atoms with van der Waals surface area (Å²) < 4.78 is 81.9. The van der Waals surface area contributed by atoms with Gasteiger partial charge in [0.05, 0.1) is 23.6 Å². The minimum absolute atomic E-state index is 0.0485. The molecule has 16 nitrogen and oxygen atoms in total. The molecule has 8 fully saturated rings. The molecule has 2 saturated heterocycles. The number of fused-ring (bicyclic) bond motifs is 4. The molecule has 5 N–H and O–H groups in total. The first kappa shape index (κ1) is 63.9. The number of anilines is 2. The Morgan fingerprint density at radius 3 is 1.40 bits per heavy atom. The molecule has 8 aliphatic rings. The van der Waals surface area contributed by atoms with E-state index in [1.54, 1.807) is 19.1 Å². The van der Waals surface area contributed by atoms with Crippen LogP contribution in [0.1, 0.15) is 141 Å². The molecule has 6 saturated carbocycles. The number of hydrogen-bond acceptors (Lipinski definition) is 15.